The summed E-state index contributed by atoms with van der Waals surface area (Å²) in [5, 5.41) is 6.94. The number of aliphatic imine (C=N–C) groups is 1. The molecule has 0 aromatic carbocycles. The third-order valence-corrected chi connectivity index (χ3v) is 3.55. The summed E-state index contributed by atoms with van der Waals surface area (Å²) in [6, 6.07) is 3.71. The van der Waals surface area contributed by atoms with Crippen molar-refractivity contribution in [3.05, 3.63) is 29.0 Å². The molecule has 7 nitrogen and oxygen atoms in total. The molecule has 0 aliphatic heterocycles. The molecule has 0 bridgehead atoms. The van der Waals surface area contributed by atoms with Crippen molar-refractivity contribution in [2.75, 3.05) is 46.9 Å². The average molecular weight is 370 g/mol. The van der Waals surface area contributed by atoms with Gasteiger partial charge in [-0.1, -0.05) is 17.7 Å². The van der Waals surface area contributed by atoms with Gasteiger partial charge in [0.25, 0.3) is 0 Å². The molecule has 25 heavy (non-hydrogen) atoms. The number of carbonyl (C=O) groups excluding carboxylic acids is 1. The highest BCUT2D eigenvalue weighted by molar-refractivity contribution is 6.29. The molecule has 0 atom stereocenters. The minimum Gasteiger partial charge on any atom is -0.382 e. The number of nitrogens with one attached hydrogen (secondary N) is 2. The highest BCUT2D eigenvalue weighted by Gasteiger charge is 2.04. The van der Waals surface area contributed by atoms with Crippen LogP contribution in [0.15, 0.2) is 23.3 Å². The van der Waals surface area contributed by atoms with Crippen molar-refractivity contribution < 1.29 is 9.53 Å². The van der Waals surface area contributed by atoms with Crippen LogP contribution in [0.2, 0.25) is 5.15 Å². The second-order valence-electron chi connectivity index (χ2n) is 5.60. The Morgan fingerprint density at radius 1 is 1.32 bits per heavy atom. The van der Waals surface area contributed by atoms with Crippen LogP contribution in [-0.2, 0) is 16.0 Å². The summed E-state index contributed by atoms with van der Waals surface area (Å²) in [4.78, 5) is 21.6. The predicted octanol–water partition coefficient (Wildman–Crippen LogP) is 1.33. The van der Waals surface area contributed by atoms with Gasteiger partial charge in [0, 0.05) is 46.6 Å². The molecule has 1 amide bonds. The van der Waals surface area contributed by atoms with E-state index in [-0.39, 0.29) is 12.5 Å². The minimum absolute atomic E-state index is 0.0442. The summed E-state index contributed by atoms with van der Waals surface area (Å²) in [6.07, 6.45) is 3.41. The van der Waals surface area contributed by atoms with E-state index in [0.717, 1.165) is 24.9 Å². The molecule has 0 fully saturated rings. The summed E-state index contributed by atoms with van der Waals surface area (Å²) in [6.45, 7) is 4.90. The first-order valence-corrected chi connectivity index (χ1v) is 8.81. The second-order valence-corrected chi connectivity index (χ2v) is 5.98. The Morgan fingerprint density at radius 2 is 2.08 bits per heavy atom. The van der Waals surface area contributed by atoms with Crippen LogP contribution >= 0.6 is 11.6 Å². The Labute approximate surface area is 154 Å². The Bertz CT molecular complexity index is 534. The lowest BCUT2D eigenvalue weighted by Gasteiger charge is -2.14. The van der Waals surface area contributed by atoms with E-state index in [9.17, 15) is 4.79 Å². The molecule has 0 saturated heterocycles. The molecule has 2 N–H and O–H groups in total. The maximum atomic E-state index is 11.7. The van der Waals surface area contributed by atoms with Crippen molar-refractivity contribution >= 4 is 23.5 Å². The number of hydrogen-bond donors (Lipinski definition) is 2. The normalized spacial score (nSPS) is 11.3. The number of nitrogens with zero attached hydrogens (tertiary/aromatic N) is 3. The molecule has 0 radical (unpaired) electrons. The first-order chi connectivity index (χ1) is 12.0. The number of hydrogen-bond acceptors (Lipinski definition) is 4. The van der Waals surface area contributed by atoms with Gasteiger partial charge in [-0.15, -0.1) is 0 Å². The standard InChI is InChI=1S/C17H28ClN5O2/c1-4-25-11-5-9-19-17(22-13-16(24)23(2)3)20-10-8-14-6-7-15(18)21-12-14/h6-7,12H,4-5,8-11,13H2,1-3H3,(H2,19,20,22). The molecule has 8 heteroatoms. The van der Waals surface area contributed by atoms with Gasteiger partial charge in [0.1, 0.15) is 11.7 Å². The Kier molecular flexibility index (Phi) is 10.6. The topological polar surface area (TPSA) is 78.8 Å². The molecule has 0 unspecified atom stereocenters. The quantitative estimate of drug-likeness (QED) is 0.281. The van der Waals surface area contributed by atoms with E-state index in [1.54, 1.807) is 26.4 Å². The van der Waals surface area contributed by atoms with E-state index in [1.165, 1.54) is 4.90 Å². The molecule has 1 heterocycles. The number of carbonyl (C=O) groups is 1. The fourth-order valence-corrected chi connectivity index (χ4v) is 1.98. The summed E-state index contributed by atoms with van der Waals surface area (Å²) >= 11 is 5.78. The van der Waals surface area contributed by atoms with Crippen molar-refractivity contribution in [2.24, 2.45) is 4.99 Å². The van der Waals surface area contributed by atoms with Crippen LogP contribution in [-0.4, -0.2) is 68.7 Å². The molecular weight excluding hydrogens is 342 g/mol. The number of ether oxygens (including phenoxy) is 1. The van der Waals surface area contributed by atoms with Gasteiger partial charge in [-0.25, -0.2) is 9.98 Å². The van der Waals surface area contributed by atoms with E-state index in [0.29, 0.717) is 30.9 Å². The number of pyridine rings is 1. The molecule has 0 spiro atoms. The largest absolute Gasteiger partial charge is 0.382 e. The highest BCUT2D eigenvalue weighted by Crippen LogP contribution is 2.05. The maximum absolute atomic E-state index is 11.7. The maximum Gasteiger partial charge on any atom is 0.243 e. The fourth-order valence-electron chi connectivity index (χ4n) is 1.87. The minimum atomic E-state index is -0.0442. The van der Waals surface area contributed by atoms with Gasteiger partial charge in [-0.3, -0.25) is 4.79 Å². The number of halogens is 1. The van der Waals surface area contributed by atoms with E-state index in [2.05, 4.69) is 20.6 Å². The van der Waals surface area contributed by atoms with E-state index in [4.69, 9.17) is 16.3 Å². The Balaban J connectivity index is 2.46. The van der Waals surface area contributed by atoms with Crippen LogP contribution in [0.25, 0.3) is 0 Å². The molecule has 1 aromatic rings. The predicted molar refractivity (Wildman–Crippen MR) is 101 cm³/mol. The SMILES string of the molecule is CCOCCCNC(=NCC(=O)N(C)C)NCCc1ccc(Cl)nc1. The smallest absolute Gasteiger partial charge is 0.243 e. The number of likely N-dealkylation sites (N-methyl/N-ethyl adjacent to an activating group) is 1. The molecule has 1 rings (SSSR count). The number of aromatic nitrogens is 1. The van der Waals surface area contributed by atoms with Crippen molar-refractivity contribution in [2.45, 2.75) is 19.8 Å². The van der Waals surface area contributed by atoms with Gasteiger partial charge in [-0.05, 0) is 31.4 Å². The summed E-state index contributed by atoms with van der Waals surface area (Å²) in [5.74, 6) is 0.575. The van der Waals surface area contributed by atoms with E-state index in [1.807, 2.05) is 13.0 Å². The van der Waals surface area contributed by atoms with Crippen LogP contribution in [0.3, 0.4) is 0 Å². The Morgan fingerprint density at radius 3 is 2.72 bits per heavy atom. The monoisotopic (exact) mass is 369 g/mol. The highest BCUT2D eigenvalue weighted by atomic mass is 35.5. The second kappa shape index (κ2) is 12.5. The zero-order valence-electron chi connectivity index (χ0n) is 15.2. The van der Waals surface area contributed by atoms with Crippen LogP contribution < -0.4 is 10.6 Å². The lowest BCUT2D eigenvalue weighted by atomic mass is 10.2. The zero-order valence-corrected chi connectivity index (χ0v) is 16.0. The van der Waals surface area contributed by atoms with Gasteiger partial charge in [0.05, 0.1) is 0 Å². The van der Waals surface area contributed by atoms with Crippen LogP contribution in [0.1, 0.15) is 18.9 Å². The summed E-state index contributed by atoms with van der Waals surface area (Å²) < 4.78 is 5.31. The Hall–Kier alpha value is -1.86. The van der Waals surface area contributed by atoms with Crippen LogP contribution in [0.4, 0.5) is 0 Å². The molecular formula is C17H28ClN5O2. The first-order valence-electron chi connectivity index (χ1n) is 8.43. The van der Waals surface area contributed by atoms with Crippen molar-refractivity contribution in [3.8, 4) is 0 Å². The van der Waals surface area contributed by atoms with Gasteiger partial charge in [0.15, 0.2) is 5.96 Å². The van der Waals surface area contributed by atoms with Gasteiger partial charge < -0.3 is 20.3 Å². The van der Waals surface area contributed by atoms with Crippen molar-refractivity contribution in [1.82, 2.24) is 20.5 Å². The molecule has 0 aliphatic rings. The summed E-state index contributed by atoms with van der Waals surface area (Å²) in [7, 11) is 3.43. The van der Waals surface area contributed by atoms with Crippen molar-refractivity contribution in [3.63, 3.8) is 0 Å². The number of rotatable bonds is 10. The average Bonchev–Trinajstić information content (AvgIpc) is 2.60. The molecule has 140 valence electrons. The van der Waals surface area contributed by atoms with Gasteiger partial charge in [0.2, 0.25) is 5.91 Å². The fraction of sp³-hybridized carbons (Fsp3) is 0.588. The lowest BCUT2D eigenvalue weighted by molar-refractivity contribution is -0.127. The third kappa shape index (κ3) is 9.89. The lowest BCUT2D eigenvalue weighted by Crippen LogP contribution is -2.40. The first kappa shape index (κ1) is 21.2. The molecule has 0 saturated carbocycles. The zero-order chi connectivity index (χ0) is 18.5. The van der Waals surface area contributed by atoms with Gasteiger partial charge >= 0.3 is 0 Å². The van der Waals surface area contributed by atoms with Crippen LogP contribution in [0.5, 0.6) is 0 Å². The van der Waals surface area contributed by atoms with Crippen LogP contribution in [0, 0.1) is 0 Å². The van der Waals surface area contributed by atoms with Crippen molar-refractivity contribution in [1.29, 1.82) is 0 Å². The van der Waals surface area contributed by atoms with E-state index >= 15 is 0 Å². The number of guanidine groups is 1. The van der Waals surface area contributed by atoms with Gasteiger partial charge in [-0.2, -0.15) is 0 Å². The molecule has 1 aromatic heterocycles. The third-order valence-electron chi connectivity index (χ3n) is 3.33. The molecule has 0 aliphatic carbocycles. The number of amides is 1. The summed E-state index contributed by atoms with van der Waals surface area (Å²) in [5.41, 5.74) is 1.08. The van der Waals surface area contributed by atoms with E-state index < -0.39 is 0 Å².